The van der Waals surface area contributed by atoms with Crippen LogP contribution in [0.25, 0.3) is 0 Å². The van der Waals surface area contributed by atoms with Crippen molar-refractivity contribution in [3.63, 3.8) is 0 Å². The average Bonchev–Trinajstić information content (AvgIpc) is 3.42. The maximum Gasteiger partial charge on any atom is 0.328 e. The first kappa shape index (κ1) is 65.2. The van der Waals surface area contributed by atoms with Crippen LogP contribution in [0.2, 0.25) is 0 Å². The monoisotopic (exact) mass is 990 g/mol. The van der Waals surface area contributed by atoms with Gasteiger partial charge in [-0.2, -0.15) is 0 Å². The number of carbonyl (C=O) groups is 12. The number of nitrogens with zero attached hydrogens (tertiary/aromatic N) is 6. The lowest BCUT2D eigenvalue weighted by atomic mass is 10.3. The molecule has 0 bridgehead atoms. The van der Waals surface area contributed by atoms with Crippen molar-refractivity contribution in [2.75, 3.05) is 0 Å². The van der Waals surface area contributed by atoms with Gasteiger partial charge in [-0.05, 0) is 72.8 Å². The first-order valence-corrected chi connectivity index (χ1v) is 19.0. The van der Waals surface area contributed by atoms with Gasteiger partial charge >= 0.3 is 35.8 Å². The molecule has 0 aromatic carbocycles. The van der Waals surface area contributed by atoms with Gasteiger partial charge in [0.1, 0.15) is 37.7 Å². The number of aliphatic carboxylic acids is 6. The zero-order valence-corrected chi connectivity index (χ0v) is 37.1. The minimum atomic E-state index is -1.26. The van der Waals surface area contributed by atoms with E-state index in [1.807, 2.05) is 0 Å². The van der Waals surface area contributed by atoms with E-state index < -0.39 is 35.8 Å². The molecular formula is C48H42N6O18. The molecule has 0 aliphatic carbocycles. The summed E-state index contributed by atoms with van der Waals surface area (Å²) in [5, 5.41) is 46.9. The van der Waals surface area contributed by atoms with E-state index in [4.69, 9.17) is 30.6 Å². The first-order valence-electron chi connectivity index (χ1n) is 19.0. The van der Waals surface area contributed by atoms with Crippen molar-refractivity contribution in [1.82, 2.24) is 29.9 Å². The van der Waals surface area contributed by atoms with E-state index in [-0.39, 0.29) is 0 Å². The van der Waals surface area contributed by atoms with Crippen LogP contribution in [0.1, 0.15) is 62.1 Å². The third-order valence-corrected chi connectivity index (χ3v) is 6.16. The lowest BCUT2D eigenvalue weighted by Gasteiger charge is -1.81. The number of carboxylic acid groups (broad SMARTS) is 6. The van der Waals surface area contributed by atoms with Crippen molar-refractivity contribution >= 4 is 73.5 Å². The molecule has 0 saturated heterocycles. The van der Waals surface area contributed by atoms with E-state index in [9.17, 15) is 57.5 Å². The van der Waals surface area contributed by atoms with Gasteiger partial charge < -0.3 is 30.6 Å². The molecule has 372 valence electrons. The van der Waals surface area contributed by atoms with E-state index in [2.05, 4.69) is 29.9 Å². The smallest absolute Gasteiger partial charge is 0.328 e. The first-order chi connectivity index (χ1) is 34.5. The quantitative estimate of drug-likeness (QED) is 0.0726. The Hall–Kier alpha value is -11.0. The summed E-state index contributed by atoms with van der Waals surface area (Å²) in [6, 6.07) is 19.9. The number of hydrogen-bond donors (Lipinski definition) is 6. The number of carbonyl (C=O) groups excluding carboxylic acids is 6. The Bertz CT molecular complexity index is 2120. The number of carboxylic acids is 6. The zero-order chi connectivity index (χ0) is 54.6. The molecule has 0 saturated carbocycles. The molecule has 0 unspecified atom stereocenters. The van der Waals surface area contributed by atoms with Gasteiger partial charge in [0.15, 0.2) is 0 Å². The van der Waals surface area contributed by atoms with Crippen LogP contribution in [0.15, 0.2) is 184 Å². The van der Waals surface area contributed by atoms with Crippen LogP contribution < -0.4 is 0 Å². The van der Waals surface area contributed by atoms with Crippen LogP contribution in [0.3, 0.4) is 0 Å². The Morgan fingerprint density at radius 2 is 0.333 bits per heavy atom. The Morgan fingerprint density at radius 3 is 0.389 bits per heavy atom. The van der Waals surface area contributed by atoms with Crippen molar-refractivity contribution in [1.29, 1.82) is 0 Å². The van der Waals surface area contributed by atoms with Crippen LogP contribution in [0.4, 0.5) is 0 Å². The van der Waals surface area contributed by atoms with Crippen LogP contribution >= 0.6 is 0 Å². The molecule has 72 heavy (non-hydrogen) atoms. The van der Waals surface area contributed by atoms with Gasteiger partial charge in [-0.3, -0.25) is 58.7 Å². The minimum absolute atomic E-state index is 0.558. The summed E-state index contributed by atoms with van der Waals surface area (Å²) in [6.07, 6.45) is 27.2. The molecule has 0 fully saturated rings. The lowest BCUT2D eigenvalue weighted by Crippen LogP contribution is -1.91. The summed E-state index contributed by atoms with van der Waals surface area (Å²) in [4.78, 5) is 140. The molecule has 0 atom stereocenters. The molecule has 6 rings (SSSR count). The fourth-order valence-corrected chi connectivity index (χ4v) is 3.08. The molecule has 0 aliphatic heterocycles. The summed E-state index contributed by atoms with van der Waals surface area (Å²) < 4.78 is 0. The van der Waals surface area contributed by atoms with Gasteiger partial charge in [-0.25, -0.2) is 28.8 Å². The largest absolute Gasteiger partial charge is 0.478 e. The van der Waals surface area contributed by atoms with Crippen molar-refractivity contribution in [3.05, 3.63) is 217 Å². The summed E-state index contributed by atoms with van der Waals surface area (Å²) in [5.74, 6) is -7.54. The highest BCUT2D eigenvalue weighted by Crippen LogP contribution is 1.92. The van der Waals surface area contributed by atoms with Crippen molar-refractivity contribution in [3.8, 4) is 0 Å². The Balaban J connectivity index is -0.000000744. The van der Waals surface area contributed by atoms with E-state index in [1.165, 1.54) is 0 Å². The standard InChI is InChI=1S/6C6H5NO.3C4H4O4/c6*8-5-6-1-3-7-4-2-6;3*5-3(6)1-2-4(7)8/h6*1-5H;3*1-2H,(H,5,6)(H,7,8)/b;;;;;;3*2-1+. The molecule has 0 spiro atoms. The minimum Gasteiger partial charge on any atom is -0.478 e. The maximum atomic E-state index is 9.98. The molecule has 6 aromatic rings. The van der Waals surface area contributed by atoms with Gasteiger partial charge in [0.2, 0.25) is 0 Å². The van der Waals surface area contributed by atoms with Crippen molar-refractivity contribution in [2.45, 2.75) is 0 Å². The van der Waals surface area contributed by atoms with Crippen LogP contribution in [0, 0.1) is 0 Å². The molecule has 6 heterocycles. The molecule has 24 nitrogen and oxygen atoms in total. The average molecular weight is 991 g/mol. The Morgan fingerprint density at radius 1 is 0.236 bits per heavy atom. The predicted octanol–water partition coefficient (Wildman–Crippen LogP) is 4.50. The molecule has 0 radical (unpaired) electrons. The van der Waals surface area contributed by atoms with Gasteiger partial charge in [-0.15, -0.1) is 0 Å². The van der Waals surface area contributed by atoms with E-state index in [1.54, 1.807) is 147 Å². The van der Waals surface area contributed by atoms with Crippen molar-refractivity contribution < 1.29 is 88.2 Å². The molecule has 6 aromatic heterocycles. The summed E-state index contributed by atoms with van der Waals surface area (Å²) in [6.45, 7) is 0. The molecule has 24 heteroatoms. The number of pyridine rings is 6. The third-order valence-electron chi connectivity index (χ3n) is 6.16. The maximum absolute atomic E-state index is 9.98. The van der Waals surface area contributed by atoms with Crippen LogP contribution in [-0.2, 0) is 28.8 Å². The number of aldehydes is 6. The molecular weight excluding hydrogens is 949 g/mol. The lowest BCUT2D eigenvalue weighted by molar-refractivity contribution is -0.134. The number of hydrogen-bond acceptors (Lipinski definition) is 18. The Kier molecular flexibility index (Phi) is 42.1. The second-order valence-corrected chi connectivity index (χ2v) is 11.4. The highest BCUT2D eigenvalue weighted by molar-refractivity contribution is 5.90. The second-order valence-electron chi connectivity index (χ2n) is 11.4. The summed E-state index contributed by atoms with van der Waals surface area (Å²) >= 11 is 0. The molecule has 6 N–H and O–H groups in total. The molecule has 0 amide bonds. The van der Waals surface area contributed by atoms with E-state index >= 15 is 0 Å². The molecule has 0 aliphatic rings. The van der Waals surface area contributed by atoms with Gasteiger partial charge in [0.25, 0.3) is 0 Å². The topological polar surface area (TPSA) is 404 Å². The highest BCUT2D eigenvalue weighted by Gasteiger charge is 1.90. The summed E-state index contributed by atoms with van der Waals surface area (Å²) in [7, 11) is 0. The van der Waals surface area contributed by atoms with Gasteiger partial charge in [-0.1, -0.05) is 0 Å². The fraction of sp³-hybridized carbons (Fsp3) is 0. The van der Waals surface area contributed by atoms with Gasteiger partial charge in [0, 0.05) is 144 Å². The normalized spacial score (nSPS) is 8.83. The number of aromatic nitrogens is 6. The van der Waals surface area contributed by atoms with E-state index in [0.717, 1.165) is 37.7 Å². The highest BCUT2D eigenvalue weighted by atomic mass is 16.4. The van der Waals surface area contributed by atoms with Crippen LogP contribution in [-0.4, -0.2) is 134 Å². The third kappa shape index (κ3) is 48.4. The van der Waals surface area contributed by atoms with Crippen LogP contribution in [0.5, 0.6) is 0 Å². The Labute approximate surface area is 407 Å². The van der Waals surface area contributed by atoms with Crippen molar-refractivity contribution in [2.24, 2.45) is 0 Å². The summed E-state index contributed by atoms with van der Waals surface area (Å²) in [5.41, 5.74) is 4.00. The predicted molar refractivity (Wildman–Crippen MR) is 251 cm³/mol. The SMILES string of the molecule is O=C(O)/C=C/C(=O)O.O=C(O)/C=C/C(=O)O.O=C(O)/C=C/C(=O)O.O=Cc1ccncc1.O=Cc1ccncc1.O=Cc1ccncc1.O=Cc1ccncc1.O=Cc1ccncc1.O=Cc1ccncc1. The zero-order valence-electron chi connectivity index (χ0n) is 37.1. The number of rotatable bonds is 12. The second kappa shape index (κ2) is 46.5. The van der Waals surface area contributed by atoms with Gasteiger partial charge in [0.05, 0.1) is 0 Å². The van der Waals surface area contributed by atoms with E-state index in [0.29, 0.717) is 69.8 Å². The fourth-order valence-electron chi connectivity index (χ4n) is 3.08.